The Bertz CT molecular complexity index is 399. The lowest BCUT2D eigenvalue weighted by atomic mass is 9.62. The molecule has 0 aromatic heterocycles. The molecule has 4 nitrogen and oxygen atoms in total. The van der Waals surface area contributed by atoms with Gasteiger partial charge >= 0.3 is 0 Å². The molecule has 0 amide bonds. The predicted octanol–water partition coefficient (Wildman–Crippen LogP) is 3.41. The van der Waals surface area contributed by atoms with Crippen LogP contribution in [-0.2, 0) is 9.47 Å². The fourth-order valence-electron chi connectivity index (χ4n) is 2.69. The van der Waals surface area contributed by atoms with Gasteiger partial charge in [0.25, 0.3) is 0 Å². The Morgan fingerprint density at radius 3 is 2.00 bits per heavy atom. The van der Waals surface area contributed by atoms with E-state index in [9.17, 15) is 0 Å². The van der Waals surface area contributed by atoms with E-state index in [4.69, 9.17) is 28.8 Å². The smallest absolute Gasteiger partial charge is 0.114 e. The predicted molar refractivity (Wildman–Crippen MR) is 113 cm³/mol. The molecule has 0 rings (SSSR count). The Kier molecular flexibility index (Phi) is 9.63. The second-order valence-corrected chi connectivity index (χ2v) is 10.6. The van der Waals surface area contributed by atoms with Gasteiger partial charge in [-0.15, -0.1) is 9.24 Å². The first kappa shape index (κ1) is 25.3. The fourth-order valence-corrected chi connectivity index (χ4v) is 2.98. The third-order valence-electron chi connectivity index (χ3n) is 5.64. The van der Waals surface area contributed by atoms with Crippen LogP contribution in [0.3, 0.4) is 0 Å². The number of rotatable bonds is 12. The molecular weight excluding hydrogens is 330 g/mol. The minimum atomic E-state index is -0.755. The first-order valence-corrected chi connectivity index (χ1v) is 9.99. The van der Waals surface area contributed by atoms with E-state index >= 15 is 0 Å². The minimum Gasteiger partial charge on any atom is -0.382 e. The lowest BCUT2D eigenvalue weighted by Crippen LogP contribution is -2.49. The molecule has 0 aromatic carbocycles. The molecule has 4 N–H and O–H groups in total. The first-order chi connectivity index (χ1) is 11.1. The molecule has 0 bridgehead atoms. The van der Waals surface area contributed by atoms with Crippen LogP contribution < -0.4 is 11.5 Å². The Balaban J connectivity index is 4.71. The summed E-state index contributed by atoms with van der Waals surface area (Å²) < 4.78 is 12.2. The summed E-state index contributed by atoms with van der Waals surface area (Å²) in [6, 6.07) is 0.103. The van der Waals surface area contributed by atoms with Gasteiger partial charge in [0.2, 0.25) is 0 Å². The molecule has 5 unspecified atom stereocenters. The normalized spacial score (nSPS) is 20.6. The fraction of sp³-hybridized carbons (Fsp3) is 1.00. The van der Waals surface area contributed by atoms with Crippen molar-refractivity contribution in [3.8, 4) is 0 Å². The number of hydrogen-bond donors (Lipinski definition) is 2. The van der Waals surface area contributed by atoms with Crippen LogP contribution in [0, 0.1) is 10.8 Å². The average Bonchev–Trinajstić information content (AvgIpc) is 2.35. The SMILES string of the molecule is [B]C(C)(OC(C)CC(C)(C)C(C)N)C(C)(C)CCOC(C)(P)CCN. The third kappa shape index (κ3) is 8.71. The zero-order chi connectivity index (χ0) is 20.1. The van der Waals surface area contributed by atoms with E-state index in [0.29, 0.717) is 13.2 Å². The zero-order valence-electron chi connectivity index (χ0n) is 17.8. The Hall–Kier alpha value is 0.335. The quantitative estimate of drug-likeness (QED) is 0.407. The summed E-state index contributed by atoms with van der Waals surface area (Å²) in [6.45, 7) is 17.9. The van der Waals surface area contributed by atoms with E-state index in [-0.39, 0.29) is 28.3 Å². The van der Waals surface area contributed by atoms with Crippen molar-refractivity contribution in [2.45, 2.75) is 97.6 Å². The third-order valence-corrected chi connectivity index (χ3v) is 6.09. The zero-order valence-corrected chi connectivity index (χ0v) is 19.0. The van der Waals surface area contributed by atoms with Gasteiger partial charge in [0.05, 0.1) is 11.4 Å². The standard InChI is InChI=1S/C19H42BN2O2P/c1-14(13-16(3,4)15(2)22)24-19(8,20)17(5,6)10-12-23-18(7,25)9-11-21/h14-15H,9-13,21-22,25H2,1-8H3. The van der Waals surface area contributed by atoms with Crippen molar-refractivity contribution >= 4 is 17.1 Å². The lowest BCUT2D eigenvalue weighted by molar-refractivity contribution is -0.110. The maximum Gasteiger partial charge on any atom is 0.114 e. The van der Waals surface area contributed by atoms with Crippen molar-refractivity contribution in [3.05, 3.63) is 0 Å². The Morgan fingerprint density at radius 1 is 1.04 bits per heavy atom. The molecule has 148 valence electrons. The van der Waals surface area contributed by atoms with Crippen LogP contribution in [0.25, 0.3) is 0 Å². The highest BCUT2D eigenvalue weighted by atomic mass is 31.0. The van der Waals surface area contributed by atoms with E-state index in [2.05, 4.69) is 43.9 Å². The number of ether oxygens (including phenoxy) is 2. The summed E-state index contributed by atoms with van der Waals surface area (Å²) in [6.07, 6.45) is 2.50. The lowest BCUT2D eigenvalue weighted by Gasteiger charge is -2.45. The molecule has 0 fully saturated rings. The summed E-state index contributed by atoms with van der Waals surface area (Å²) in [4.78, 5) is 0. The molecular formula is C19H42BN2O2P. The summed E-state index contributed by atoms with van der Waals surface area (Å²) >= 11 is 0. The molecule has 0 aliphatic carbocycles. The summed E-state index contributed by atoms with van der Waals surface area (Å²) in [7, 11) is 9.30. The van der Waals surface area contributed by atoms with Crippen LogP contribution in [-0.4, -0.2) is 44.0 Å². The molecule has 0 saturated heterocycles. The highest BCUT2D eigenvalue weighted by Gasteiger charge is 2.39. The van der Waals surface area contributed by atoms with E-state index < -0.39 is 5.50 Å². The molecule has 0 spiro atoms. The van der Waals surface area contributed by atoms with Crippen LogP contribution >= 0.6 is 9.24 Å². The van der Waals surface area contributed by atoms with Crippen LogP contribution in [0.15, 0.2) is 0 Å². The van der Waals surface area contributed by atoms with Gasteiger partial charge in [-0.2, -0.15) is 0 Å². The van der Waals surface area contributed by atoms with Gasteiger partial charge in [-0.1, -0.05) is 27.7 Å². The molecule has 0 aromatic rings. The van der Waals surface area contributed by atoms with E-state index in [1.165, 1.54) is 0 Å². The van der Waals surface area contributed by atoms with Gasteiger partial charge in [-0.05, 0) is 64.3 Å². The minimum absolute atomic E-state index is 0.00617. The van der Waals surface area contributed by atoms with E-state index in [0.717, 1.165) is 19.3 Å². The molecule has 0 heterocycles. The molecule has 0 aliphatic heterocycles. The van der Waals surface area contributed by atoms with Crippen LogP contribution in [0.1, 0.15) is 74.7 Å². The summed E-state index contributed by atoms with van der Waals surface area (Å²) in [5.74, 6) is 0. The van der Waals surface area contributed by atoms with Gasteiger partial charge in [-0.3, -0.25) is 0 Å². The number of nitrogens with two attached hydrogens (primary N) is 2. The van der Waals surface area contributed by atoms with Crippen molar-refractivity contribution in [1.29, 1.82) is 0 Å². The molecule has 2 radical (unpaired) electrons. The van der Waals surface area contributed by atoms with Crippen molar-refractivity contribution in [2.75, 3.05) is 13.2 Å². The molecule has 0 saturated carbocycles. The largest absolute Gasteiger partial charge is 0.382 e. The number of hydrogen-bond acceptors (Lipinski definition) is 4. The first-order valence-electron chi connectivity index (χ1n) is 9.41. The molecule has 25 heavy (non-hydrogen) atoms. The summed E-state index contributed by atoms with van der Waals surface area (Å²) in [5.41, 5.74) is 10.7. The van der Waals surface area contributed by atoms with Crippen molar-refractivity contribution in [2.24, 2.45) is 22.3 Å². The van der Waals surface area contributed by atoms with Crippen LogP contribution in [0.4, 0.5) is 0 Å². The van der Waals surface area contributed by atoms with Crippen molar-refractivity contribution in [3.63, 3.8) is 0 Å². The topological polar surface area (TPSA) is 70.5 Å². The molecule has 0 aliphatic rings. The molecule has 5 atom stereocenters. The second kappa shape index (κ2) is 9.51. The van der Waals surface area contributed by atoms with E-state index in [1.807, 2.05) is 20.8 Å². The maximum atomic E-state index is 6.56. The highest BCUT2D eigenvalue weighted by Crippen LogP contribution is 2.38. The summed E-state index contributed by atoms with van der Waals surface area (Å²) in [5, 5.41) is -0.286. The average molecular weight is 372 g/mol. The highest BCUT2D eigenvalue weighted by molar-refractivity contribution is 7.18. The molecule has 6 heteroatoms. The Labute approximate surface area is 160 Å². The van der Waals surface area contributed by atoms with Gasteiger partial charge < -0.3 is 20.9 Å². The van der Waals surface area contributed by atoms with Crippen LogP contribution in [0.2, 0.25) is 0 Å². The second-order valence-electron chi connectivity index (χ2n) is 9.35. The van der Waals surface area contributed by atoms with Gasteiger partial charge in [0.15, 0.2) is 0 Å². The van der Waals surface area contributed by atoms with Gasteiger partial charge in [0, 0.05) is 18.1 Å². The van der Waals surface area contributed by atoms with Crippen molar-refractivity contribution < 1.29 is 9.47 Å². The van der Waals surface area contributed by atoms with Gasteiger partial charge in [0.1, 0.15) is 7.85 Å². The van der Waals surface area contributed by atoms with Crippen molar-refractivity contribution in [1.82, 2.24) is 0 Å². The van der Waals surface area contributed by atoms with Crippen LogP contribution in [0.5, 0.6) is 0 Å². The maximum absolute atomic E-state index is 6.56. The van der Waals surface area contributed by atoms with Gasteiger partial charge in [-0.25, -0.2) is 0 Å². The Morgan fingerprint density at radius 2 is 1.56 bits per heavy atom. The monoisotopic (exact) mass is 372 g/mol. The van der Waals surface area contributed by atoms with E-state index in [1.54, 1.807) is 0 Å².